The smallest absolute Gasteiger partial charge is 0.109 e. The van der Waals surface area contributed by atoms with Gasteiger partial charge in [0.2, 0.25) is 0 Å². The summed E-state index contributed by atoms with van der Waals surface area (Å²) >= 11 is 0. The number of hydrogen-bond acceptors (Lipinski definition) is 2. The summed E-state index contributed by atoms with van der Waals surface area (Å²) < 4.78 is 2.36. The lowest BCUT2D eigenvalue weighted by atomic mass is 9.94. The van der Waals surface area contributed by atoms with Crippen molar-refractivity contribution in [1.82, 2.24) is 9.55 Å². The molecule has 2 N–H and O–H groups in total. The second kappa shape index (κ2) is 7.60. The zero-order chi connectivity index (χ0) is 15.2. The Labute approximate surface area is 128 Å². The van der Waals surface area contributed by atoms with Gasteiger partial charge in [-0.25, -0.2) is 4.98 Å². The number of benzene rings is 1. The molecule has 0 bridgehead atoms. The number of hydrogen-bond donors (Lipinski definition) is 1. The summed E-state index contributed by atoms with van der Waals surface area (Å²) in [5.41, 5.74) is 9.43. The first-order valence-electron chi connectivity index (χ1n) is 8.35. The van der Waals surface area contributed by atoms with Crippen LogP contribution in [0.1, 0.15) is 50.9 Å². The van der Waals surface area contributed by atoms with Crippen molar-refractivity contribution in [2.45, 2.75) is 59.4 Å². The molecule has 1 heterocycles. The molecule has 2 aromatic rings. The number of fused-ring (bicyclic) bond motifs is 1. The Balaban J connectivity index is 2.17. The zero-order valence-corrected chi connectivity index (χ0v) is 13.7. The predicted molar refractivity (Wildman–Crippen MR) is 90.5 cm³/mol. The van der Waals surface area contributed by atoms with E-state index in [-0.39, 0.29) is 0 Å². The average Bonchev–Trinajstić information content (AvgIpc) is 2.81. The van der Waals surface area contributed by atoms with Gasteiger partial charge in [-0.05, 0) is 56.8 Å². The predicted octanol–water partition coefficient (Wildman–Crippen LogP) is 4.06. The summed E-state index contributed by atoms with van der Waals surface area (Å²) in [6.45, 7) is 8.38. The molecule has 1 unspecified atom stereocenters. The van der Waals surface area contributed by atoms with Crippen LogP contribution in [0.4, 0.5) is 0 Å². The third kappa shape index (κ3) is 3.85. The number of aromatic nitrogens is 2. The lowest BCUT2D eigenvalue weighted by Gasteiger charge is -2.15. The summed E-state index contributed by atoms with van der Waals surface area (Å²) in [6, 6.07) is 6.57. The molecular weight excluding hydrogens is 258 g/mol. The van der Waals surface area contributed by atoms with Crippen LogP contribution in [0.5, 0.6) is 0 Å². The molecule has 2 rings (SSSR count). The van der Waals surface area contributed by atoms with Gasteiger partial charge >= 0.3 is 0 Å². The molecule has 1 aromatic heterocycles. The first kappa shape index (κ1) is 16.0. The fourth-order valence-corrected chi connectivity index (χ4v) is 3.24. The maximum atomic E-state index is 5.74. The van der Waals surface area contributed by atoms with Gasteiger partial charge in [0.1, 0.15) is 5.82 Å². The van der Waals surface area contributed by atoms with E-state index in [2.05, 4.69) is 43.5 Å². The van der Waals surface area contributed by atoms with Crippen LogP contribution in [0.2, 0.25) is 0 Å². The van der Waals surface area contributed by atoms with Crippen LogP contribution in [-0.2, 0) is 13.0 Å². The third-order valence-electron chi connectivity index (χ3n) is 4.35. The Morgan fingerprint density at radius 3 is 2.67 bits per heavy atom. The molecule has 0 amide bonds. The summed E-state index contributed by atoms with van der Waals surface area (Å²) in [6.07, 6.45) is 5.93. The second-order valence-corrected chi connectivity index (χ2v) is 6.04. The van der Waals surface area contributed by atoms with Gasteiger partial charge in [-0.2, -0.15) is 0 Å². The van der Waals surface area contributed by atoms with Crippen LogP contribution in [0.3, 0.4) is 0 Å². The molecule has 0 fully saturated rings. The monoisotopic (exact) mass is 287 g/mol. The molecule has 21 heavy (non-hydrogen) atoms. The number of rotatable bonds is 8. The fourth-order valence-electron chi connectivity index (χ4n) is 3.24. The number of imidazole rings is 1. The van der Waals surface area contributed by atoms with E-state index in [1.807, 2.05) is 0 Å². The van der Waals surface area contributed by atoms with Crippen LogP contribution >= 0.6 is 0 Å². The van der Waals surface area contributed by atoms with E-state index < -0.39 is 0 Å². The van der Waals surface area contributed by atoms with Crippen molar-refractivity contribution in [3.8, 4) is 0 Å². The highest BCUT2D eigenvalue weighted by molar-refractivity contribution is 5.76. The Morgan fingerprint density at radius 2 is 2.00 bits per heavy atom. The molecule has 0 aliphatic carbocycles. The van der Waals surface area contributed by atoms with Crippen molar-refractivity contribution in [2.24, 2.45) is 11.7 Å². The quantitative estimate of drug-likeness (QED) is 0.795. The largest absolute Gasteiger partial charge is 0.330 e. The molecule has 1 aromatic carbocycles. The Kier molecular flexibility index (Phi) is 5.80. The highest BCUT2D eigenvalue weighted by atomic mass is 15.1. The molecule has 0 radical (unpaired) electrons. The molecule has 3 nitrogen and oxygen atoms in total. The van der Waals surface area contributed by atoms with Crippen LogP contribution in [-0.4, -0.2) is 16.1 Å². The lowest BCUT2D eigenvalue weighted by molar-refractivity contribution is 0.415. The fraction of sp³-hybridized carbons (Fsp3) is 0.611. The van der Waals surface area contributed by atoms with Crippen LogP contribution < -0.4 is 5.73 Å². The summed E-state index contributed by atoms with van der Waals surface area (Å²) in [5, 5.41) is 0. The molecule has 0 spiro atoms. The summed E-state index contributed by atoms with van der Waals surface area (Å²) in [7, 11) is 0. The van der Waals surface area contributed by atoms with Gasteiger partial charge in [-0.1, -0.05) is 25.8 Å². The highest BCUT2D eigenvalue weighted by Gasteiger charge is 2.13. The molecule has 0 aliphatic heterocycles. The third-order valence-corrected chi connectivity index (χ3v) is 4.35. The van der Waals surface area contributed by atoms with E-state index in [4.69, 9.17) is 10.7 Å². The van der Waals surface area contributed by atoms with Gasteiger partial charge in [0, 0.05) is 13.0 Å². The van der Waals surface area contributed by atoms with Crippen LogP contribution in [0, 0.1) is 12.8 Å². The SMILES string of the molecule is CCCC(CCN)CCc1nc2cc(C)ccc2n1CC. The maximum Gasteiger partial charge on any atom is 0.109 e. The van der Waals surface area contributed by atoms with Gasteiger partial charge < -0.3 is 10.3 Å². The second-order valence-electron chi connectivity index (χ2n) is 6.04. The topological polar surface area (TPSA) is 43.8 Å². The number of nitrogens with two attached hydrogens (primary N) is 1. The minimum Gasteiger partial charge on any atom is -0.330 e. The standard InChI is InChI=1S/C18H29N3/c1-4-6-15(11-12-19)8-10-18-20-16-13-14(3)7-9-17(16)21(18)5-2/h7,9,13,15H,4-6,8,10-12,19H2,1-3H3. The van der Waals surface area contributed by atoms with Gasteiger partial charge in [0.25, 0.3) is 0 Å². The molecule has 3 heteroatoms. The van der Waals surface area contributed by atoms with Gasteiger partial charge in [-0.3, -0.25) is 0 Å². The number of nitrogens with zero attached hydrogens (tertiary/aromatic N) is 2. The molecule has 0 saturated heterocycles. The van der Waals surface area contributed by atoms with E-state index in [9.17, 15) is 0 Å². The van der Waals surface area contributed by atoms with E-state index in [1.54, 1.807) is 0 Å². The minimum atomic E-state index is 0.742. The van der Waals surface area contributed by atoms with E-state index >= 15 is 0 Å². The van der Waals surface area contributed by atoms with Crippen LogP contribution in [0.25, 0.3) is 11.0 Å². The molecule has 0 aliphatic rings. The molecular formula is C18H29N3. The van der Waals surface area contributed by atoms with Crippen molar-refractivity contribution < 1.29 is 0 Å². The van der Waals surface area contributed by atoms with Crippen molar-refractivity contribution in [3.63, 3.8) is 0 Å². The first-order valence-corrected chi connectivity index (χ1v) is 8.35. The van der Waals surface area contributed by atoms with Crippen molar-refractivity contribution in [1.29, 1.82) is 0 Å². The lowest BCUT2D eigenvalue weighted by Crippen LogP contribution is -2.11. The van der Waals surface area contributed by atoms with Crippen molar-refractivity contribution in [3.05, 3.63) is 29.6 Å². The summed E-state index contributed by atoms with van der Waals surface area (Å²) in [4.78, 5) is 4.87. The van der Waals surface area contributed by atoms with Gasteiger partial charge in [-0.15, -0.1) is 0 Å². The zero-order valence-electron chi connectivity index (χ0n) is 13.7. The first-order chi connectivity index (χ1) is 10.2. The van der Waals surface area contributed by atoms with Gasteiger partial charge in [0.05, 0.1) is 11.0 Å². The average molecular weight is 287 g/mol. The molecule has 1 atom stereocenters. The van der Waals surface area contributed by atoms with Crippen molar-refractivity contribution >= 4 is 11.0 Å². The Bertz CT molecular complexity index is 565. The molecule has 116 valence electrons. The highest BCUT2D eigenvalue weighted by Crippen LogP contribution is 2.22. The minimum absolute atomic E-state index is 0.742. The normalized spacial score (nSPS) is 13.0. The number of aryl methyl sites for hydroxylation is 3. The Morgan fingerprint density at radius 1 is 1.19 bits per heavy atom. The van der Waals surface area contributed by atoms with Gasteiger partial charge in [0.15, 0.2) is 0 Å². The Hall–Kier alpha value is -1.35. The van der Waals surface area contributed by atoms with E-state index in [0.717, 1.165) is 37.4 Å². The maximum absolute atomic E-state index is 5.74. The van der Waals surface area contributed by atoms with Crippen LogP contribution in [0.15, 0.2) is 18.2 Å². The molecule has 0 saturated carbocycles. The van der Waals surface area contributed by atoms with Crippen molar-refractivity contribution in [2.75, 3.05) is 6.54 Å². The summed E-state index contributed by atoms with van der Waals surface area (Å²) in [5.74, 6) is 1.98. The van der Waals surface area contributed by atoms with E-state index in [0.29, 0.717) is 0 Å². The van der Waals surface area contributed by atoms with E-state index in [1.165, 1.54) is 36.2 Å².